The molecule has 0 rings (SSSR count). The molecule has 2 heteroatoms. The van der Waals surface area contributed by atoms with Gasteiger partial charge in [0, 0.05) is 24.3 Å². The van der Waals surface area contributed by atoms with Crippen LogP contribution in [0.25, 0.3) is 0 Å². The third-order valence-electron chi connectivity index (χ3n) is 3.89. The lowest BCUT2D eigenvalue weighted by atomic mass is 9.88. The Labute approximate surface area is 143 Å². The summed E-state index contributed by atoms with van der Waals surface area (Å²) in [7, 11) is 0. The highest BCUT2D eigenvalue weighted by atomic mass is 19.1. The minimum absolute atomic E-state index is 0.0928. The van der Waals surface area contributed by atoms with Crippen molar-refractivity contribution in [1.82, 2.24) is 0 Å². The number of hydrogen-bond acceptors (Lipinski definition) is 1. The van der Waals surface area contributed by atoms with Crippen LogP contribution < -0.4 is 0 Å². The van der Waals surface area contributed by atoms with Gasteiger partial charge in [-0.05, 0) is 25.7 Å². The fourth-order valence-electron chi connectivity index (χ4n) is 2.20. The number of unbranched alkanes of at least 4 members (excludes halogenated alkanes) is 7. The quantitative estimate of drug-likeness (QED) is 0.303. The SMILES string of the molecule is CCCCC#C/C=C(\F)CCCCCCCCC(=O)C(C)(C)C. The van der Waals surface area contributed by atoms with Crippen LogP contribution in [0, 0.1) is 17.3 Å². The Morgan fingerprint density at radius 1 is 0.957 bits per heavy atom. The number of carbonyl (C=O) groups is 1. The minimum atomic E-state index is -0.205. The molecule has 0 atom stereocenters. The third kappa shape index (κ3) is 14.2. The molecular formula is C21H35FO. The number of ketones is 1. The highest BCUT2D eigenvalue weighted by molar-refractivity contribution is 5.83. The molecule has 23 heavy (non-hydrogen) atoms. The molecule has 0 aliphatic heterocycles. The zero-order valence-corrected chi connectivity index (χ0v) is 15.6. The number of halogens is 1. The average molecular weight is 323 g/mol. The van der Waals surface area contributed by atoms with E-state index in [-0.39, 0.29) is 11.2 Å². The van der Waals surface area contributed by atoms with E-state index in [1.807, 2.05) is 20.8 Å². The molecule has 0 saturated heterocycles. The first kappa shape index (κ1) is 21.9. The molecule has 0 aliphatic carbocycles. The van der Waals surface area contributed by atoms with E-state index in [9.17, 15) is 9.18 Å². The minimum Gasteiger partial charge on any atom is -0.299 e. The van der Waals surface area contributed by atoms with Crippen LogP contribution in [0.2, 0.25) is 0 Å². The van der Waals surface area contributed by atoms with Gasteiger partial charge in [-0.2, -0.15) is 0 Å². The Balaban J connectivity index is 3.53. The van der Waals surface area contributed by atoms with Crippen LogP contribution in [-0.2, 0) is 4.79 Å². The largest absolute Gasteiger partial charge is 0.299 e. The number of carbonyl (C=O) groups excluding carboxylic acids is 1. The molecule has 0 radical (unpaired) electrons. The molecule has 132 valence electrons. The summed E-state index contributed by atoms with van der Waals surface area (Å²) in [4.78, 5) is 11.8. The fourth-order valence-corrected chi connectivity index (χ4v) is 2.20. The standard InChI is InChI=1S/C21H35FO/c1-5-6-7-10-13-16-19(22)17-14-11-8-9-12-15-18-20(23)21(2,3)4/h16H,5-9,11-12,14-15,17-18H2,1-4H3/b19-16-. The molecule has 0 aromatic carbocycles. The van der Waals surface area contributed by atoms with Gasteiger partial charge in [-0.25, -0.2) is 4.39 Å². The molecule has 0 spiro atoms. The van der Waals surface area contributed by atoms with E-state index in [0.717, 1.165) is 57.8 Å². The first-order valence-electron chi connectivity index (χ1n) is 9.24. The van der Waals surface area contributed by atoms with Crippen LogP contribution >= 0.6 is 0 Å². The summed E-state index contributed by atoms with van der Waals surface area (Å²) in [5.41, 5.74) is -0.205. The second-order valence-electron chi connectivity index (χ2n) is 7.31. The third-order valence-corrected chi connectivity index (χ3v) is 3.89. The predicted octanol–water partition coefficient (Wildman–Crippen LogP) is 6.77. The highest BCUT2D eigenvalue weighted by Gasteiger charge is 2.19. The lowest BCUT2D eigenvalue weighted by Gasteiger charge is -2.16. The molecule has 0 aromatic rings. The summed E-state index contributed by atoms with van der Waals surface area (Å²) >= 11 is 0. The smallest absolute Gasteiger partial charge is 0.138 e. The number of allylic oxidation sites excluding steroid dienone is 2. The number of hydrogen-bond donors (Lipinski definition) is 0. The van der Waals surface area contributed by atoms with Crippen molar-refractivity contribution < 1.29 is 9.18 Å². The van der Waals surface area contributed by atoms with Crippen LogP contribution in [0.3, 0.4) is 0 Å². The van der Waals surface area contributed by atoms with E-state index in [2.05, 4.69) is 18.8 Å². The van der Waals surface area contributed by atoms with E-state index >= 15 is 0 Å². The van der Waals surface area contributed by atoms with Gasteiger partial charge in [-0.1, -0.05) is 71.6 Å². The van der Waals surface area contributed by atoms with Crippen LogP contribution in [0.15, 0.2) is 11.9 Å². The normalized spacial score (nSPS) is 12.0. The second kappa shape index (κ2) is 13.3. The molecule has 0 aromatic heterocycles. The maximum atomic E-state index is 13.5. The van der Waals surface area contributed by atoms with Crippen LogP contribution in [-0.4, -0.2) is 5.78 Å². The zero-order chi connectivity index (χ0) is 17.6. The lowest BCUT2D eigenvalue weighted by Crippen LogP contribution is -2.19. The van der Waals surface area contributed by atoms with Crippen LogP contribution in [0.4, 0.5) is 4.39 Å². The molecule has 0 fully saturated rings. The molecule has 0 saturated carbocycles. The molecular weight excluding hydrogens is 287 g/mol. The van der Waals surface area contributed by atoms with Gasteiger partial charge in [-0.3, -0.25) is 4.79 Å². The summed E-state index contributed by atoms with van der Waals surface area (Å²) in [5, 5.41) is 0. The van der Waals surface area contributed by atoms with Crippen LogP contribution in [0.5, 0.6) is 0 Å². The highest BCUT2D eigenvalue weighted by Crippen LogP contribution is 2.19. The molecule has 0 unspecified atom stereocenters. The summed E-state index contributed by atoms with van der Waals surface area (Å²) in [6.07, 6.45) is 12.0. The van der Waals surface area contributed by atoms with E-state index in [1.54, 1.807) is 0 Å². The topological polar surface area (TPSA) is 17.1 Å². The summed E-state index contributed by atoms with van der Waals surface area (Å²) in [5.74, 6) is 6.02. The molecule has 0 aliphatic rings. The zero-order valence-electron chi connectivity index (χ0n) is 15.6. The van der Waals surface area contributed by atoms with Crippen LogP contribution in [0.1, 0.15) is 98.3 Å². The first-order chi connectivity index (χ1) is 10.9. The Morgan fingerprint density at radius 2 is 1.52 bits per heavy atom. The van der Waals surface area contributed by atoms with Crippen molar-refractivity contribution in [3.05, 3.63) is 11.9 Å². The van der Waals surface area contributed by atoms with E-state index in [1.165, 1.54) is 6.08 Å². The first-order valence-corrected chi connectivity index (χ1v) is 9.24. The van der Waals surface area contributed by atoms with Gasteiger partial charge in [-0.15, -0.1) is 0 Å². The van der Waals surface area contributed by atoms with E-state index < -0.39 is 0 Å². The Bertz CT molecular complexity index is 404. The second-order valence-corrected chi connectivity index (χ2v) is 7.31. The van der Waals surface area contributed by atoms with Crippen molar-refractivity contribution in [2.24, 2.45) is 5.41 Å². The van der Waals surface area contributed by atoms with Crippen molar-refractivity contribution in [3.8, 4) is 11.8 Å². The van der Waals surface area contributed by atoms with Crippen molar-refractivity contribution in [3.63, 3.8) is 0 Å². The maximum Gasteiger partial charge on any atom is 0.138 e. The molecule has 0 N–H and O–H groups in total. The van der Waals surface area contributed by atoms with Gasteiger partial charge in [0.1, 0.15) is 11.6 Å². The number of Topliss-reactive ketones (excluding diaryl/α,β-unsaturated/α-hetero) is 1. The van der Waals surface area contributed by atoms with Gasteiger partial charge < -0.3 is 0 Å². The van der Waals surface area contributed by atoms with Crippen molar-refractivity contribution >= 4 is 5.78 Å². The van der Waals surface area contributed by atoms with Crippen molar-refractivity contribution in [1.29, 1.82) is 0 Å². The maximum absolute atomic E-state index is 13.5. The van der Waals surface area contributed by atoms with Crippen molar-refractivity contribution in [2.75, 3.05) is 0 Å². The lowest BCUT2D eigenvalue weighted by molar-refractivity contribution is -0.126. The Kier molecular flexibility index (Phi) is 12.7. The predicted molar refractivity (Wildman–Crippen MR) is 97.9 cm³/mol. The van der Waals surface area contributed by atoms with E-state index in [0.29, 0.717) is 18.6 Å². The Hall–Kier alpha value is -1.10. The average Bonchev–Trinajstić information content (AvgIpc) is 2.48. The molecule has 0 heterocycles. The van der Waals surface area contributed by atoms with Gasteiger partial charge in [0.25, 0.3) is 0 Å². The molecule has 0 bridgehead atoms. The Morgan fingerprint density at radius 3 is 2.09 bits per heavy atom. The van der Waals surface area contributed by atoms with E-state index in [4.69, 9.17) is 0 Å². The van der Waals surface area contributed by atoms with Crippen molar-refractivity contribution in [2.45, 2.75) is 98.3 Å². The van der Waals surface area contributed by atoms with Gasteiger partial charge in [0.2, 0.25) is 0 Å². The number of rotatable bonds is 11. The van der Waals surface area contributed by atoms with Gasteiger partial charge in [0.05, 0.1) is 0 Å². The fraction of sp³-hybridized carbons (Fsp3) is 0.762. The van der Waals surface area contributed by atoms with Gasteiger partial charge >= 0.3 is 0 Å². The molecule has 1 nitrogen and oxygen atoms in total. The summed E-state index contributed by atoms with van der Waals surface area (Å²) in [6, 6.07) is 0. The summed E-state index contributed by atoms with van der Waals surface area (Å²) < 4.78 is 13.5. The summed E-state index contributed by atoms with van der Waals surface area (Å²) in [6.45, 7) is 8.06. The van der Waals surface area contributed by atoms with Gasteiger partial charge in [0.15, 0.2) is 0 Å². The monoisotopic (exact) mass is 322 g/mol. The molecule has 0 amide bonds.